The average molecular weight is 398 g/mol. The van der Waals surface area contributed by atoms with Gasteiger partial charge >= 0.3 is 0 Å². The first-order chi connectivity index (χ1) is 14.7. The predicted molar refractivity (Wildman–Crippen MR) is 117 cm³/mol. The van der Waals surface area contributed by atoms with E-state index in [1.54, 1.807) is 12.1 Å². The van der Waals surface area contributed by atoms with E-state index in [0.717, 1.165) is 48.9 Å². The molecule has 4 aromatic rings. The van der Waals surface area contributed by atoms with Crippen LogP contribution in [0.4, 0.5) is 5.69 Å². The van der Waals surface area contributed by atoms with Gasteiger partial charge < -0.3 is 19.4 Å². The van der Waals surface area contributed by atoms with Crippen LogP contribution in [-0.2, 0) is 4.79 Å². The molecule has 6 heteroatoms. The number of carbonyl (C=O) groups excluding carboxylic acids is 1. The molecule has 1 saturated heterocycles. The molecular weight excluding hydrogens is 376 g/mol. The van der Waals surface area contributed by atoms with Crippen molar-refractivity contribution in [3.63, 3.8) is 0 Å². The molecule has 0 atom stereocenters. The molecule has 30 heavy (non-hydrogen) atoms. The number of nitrogens with zero attached hydrogens (tertiary/aromatic N) is 4. The first-order valence-electron chi connectivity index (χ1n) is 10.2. The van der Waals surface area contributed by atoms with Crippen LogP contribution in [0.25, 0.3) is 28.0 Å². The topological polar surface area (TPSA) is 71.2 Å². The van der Waals surface area contributed by atoms with Gasteiger partial charge in [-0.2, -0.15) is 0 Å². The minimum atomic E-state index is 0.187. The number of hydrogen-bond donors (Lipinski definition) is 1. The van der Waals surface area contributed by atoms with Crippen molar-refractivity contribution in [1.29, 1.82) is 0 Å². The number of benzene rings is 2. The Balaban J connectivity index is 1.45. The summed E-state index contributed by atoms with van der Waals surface area (Å²) in [5.41, 5.74) is 5.24. The summed E-state index contributed by atoms with van der Waals surface area (Å²) in [6.45, 7) is 1.82. The lowest BCUT2D eigenvalue weighted by Gasteiger charge is -2.31. The lowest BCUT2D eigenvalue weighted by Crippen LogP contribution is -2.34. The van der Waals surface area contributed by atoms with Crippen molar-refractivity contribution in [1.82, 2.24) is 14.8 Å². The van der Waals surface area contributed by atoms with Crippen LogP contribution in [0.1, 0.15) is 12.8 Å². The summed E-state index contributed by atoms with van der Waals surface area (Å²) in [6, 6.07) is 19.5. The largest absolute Gasteiger partial charge is 0.507 e. The summed E-state index contributed by atoms with van der Waals surface area (Å²) < 4.78 is 2.08. The Bertz CT molecular complexity index is 1190. The van der Waals surface area contributed by atoms with Gasteiger partial charge in [0, 0.05) is 42.1 Å². The molecule has 150 valence electrons. The molecule has 6 nitrogen and oxygen atoms in total. The fourth-order valence-electron chi connectivity index (χ4n) is 4.09. The molecule has 1 aliphatic heterocycles. The molecule has 0 unspecified atom stereocenters. The number of aldehydes is 1. The second-order valence-corrected chi connectivity index (χ2v) is 7.68. The zero-order chi connectivity index (χ0) is 20.5. The third-order valence-corrected chi connectivity index (χ3v) is 5.85. The number of fused-ring (bicyclic) bond motifs is 1. The van der Waals surface area contributed by atoms with E-state index in [0.29, 0.717) is 11.3 Å². The molecule has 0 radical (unpaired) electrons. The predicted octanol–water partition coefficient (Wildman–Crippen LogP) is 4.21. The third kappa shape index (κ3) is 3.30. The highest BCUT2D eigenvalue weighted by Gasteiger charge is 2.19. The fraction of sp³-hybridized carbons (Fsp3) is 0.208. The van der Waals surface area contributed by atoms with E-state index in [2.05, 4.69) is 43.9 Å². The highest BCUT2D eigenvalue weighted by atomic mass is 16.3. The molecule has 0 bridgehead atoms. The molecule has 5 rings (SSSR count). The summed E-state index contributed by atoms with van der Waals surface area (Å²) in [5.74, 6) is 0.387. The van der Waals surface area contributed by atoms with Crippen LogP contribution >= 0.6 is 0 Å². The second kappa shape index (κ2) is 7.63. The third-order valence-electron chi connectivity index (χ3n) is 5.85. The first kappa shape index (κ1) is 18.4. The minimum absolute atomic E-state index is 0.187. The van der Waals surface area contributed by atoms with Crippen molar-refractivity contribution in [3.8, 4) is 22.7 Å². The van der Waals surface area contributed by atoms with E-state index in [-0.39, 0.29) is 11.7 Å². The van der Waals surface area contributed by atoms with Crippen molar-refractivity contribution >= 4 is 23.0 Å². The minimum Gasteiger partial charge on any atom is -0.507 e. The maximum atomic E-state index is 11.0. The van der Waals surface area contributed by atoms with Gasteiger partial charge in [0.05, 0.1) is 11.2 Å². The van der Waals surface area contributed by atoms with Crippen LogP contribution < -0.4 is 4.90 Å². The lowest BCUT2D eigenvalue weighted by atomic mass is 9.98. The van der Waals surface area contributed by atoms with Crippen molar-refractivity contribution in [3.05, 3.63) is 66.9 Å². The van der Waals surface area contributed by atoms with Gasteiger partial charge in [0.2, 0.25) is 0 Å². The van der Waals surface area contributed by atoms with E-state index in [9.17, 15) is 9.90 Å². The Morgan fingerprint density at radius 1 is 0.933 bits per heavy atom. The van der Waals surface area contributed by atoms with Crippen molar-refractivity contribution < 1.29 is 9.90 Å². The van der Waals surface area contributed by atoms with Crippen LogP contribution in [0, 0.1) is 5.92 Å². The Morgan fingerprint density at radius 3 is 2.40 bits per heavy atom. The number of piperidine rings is 1. The number of phenolic OH excluding ortho intramolecular Hbond substituents is 1. The zero-order valence-corrected chi connectivity index (χ0v) is 16.5. The Labute approximate surface area is 174 Å². The van der Waals surface area contributed by atoms with Gasteiger partial charge in [-0.15, -0.1) is 10.2 Å². The van der Waals surface area contributed by atoms with Gasteiger partial charge in [-0.25, -0.2) is 0 Å². The van der Waals surface area contributed by atoms with Gasteiger partial charge in [-0.05, 0) is 61.4 Å². The molecule has 1 aliphatic rings. The summed E-state index contributed by atoms with van der Waals surface area (Å²) >= 11 is 0. The molecule has 0 spiro atoms. The SMILES string of the molecule is O=CC1CCN(c2ccc(-n3ccc4nnc(-c5ccccc5O)cc43)cc2)CC1. The first-order valence-corrected chi connectivity index (χ1v) is 10.2. The number of carbonyl (C=O) groups is 1. The summed E-state index contributed by atoms with van der Waals surface area (Å²) in [7, 11) is 0. The van der Waals surface area contributed by atoms with Gasteiger partial charge in [0.1, 0.15) is 17.6 Å². The van der Waals surface area contributed by atoms with E-state index in [1.807, 2.05) is 30.5 Å². The molecule has 1 N–H and O–H groups in total. The Hall–Kier alpha value is -3.67. The molecule has 2 aromatic carbocycles. The molecule has 0 amide bonds. The van der Waals surface area contributed by atoms with Crippen LogP contribution in [0.2, 0.25) is 0 Å². The van der Waals surface area contributed by atoms with Gasteiger partial charge in [0.15, 0.2) is 0 Å². The van der Waals surface area contributed by atoms with E-state index >= 15 is 0 Å². The maximum Gasteiger partial charge on any atom is 0.125 e. The van der Waals surface area contributed by atoms with E-state index in [1.165, 1.54) is 5.69 Å². The average Bonchev–Trinajstić information content (AvgIpc) is 3.23. The maximum absolute atomic E-state index is 11.0. The number of aromatic nitrogens is 3. The normalized spacial score (nSPS) is 14.9. The van der Waals surface area contributed by atoms with Crippen molar-refractivity contribution in [2.75, 3.05) is 18.0 Å². The zero-order valence-electron chi connectivity index (χ0n) is 16.5. The number of anilines is 1. The molecule has 2 aromatic heterocycles. The number of aromatic hydroxyl groups is 1. The highest BCUT2D eigenvalue weighted by molar-refractivity contribution is 5.82. The fourth-order valence-corrected chi connectivity index (χ4v) is 4.09. The lowest BCUT2D eigenvalue weighted by molar-refractivity contribution is -0.111. The second-order valence-electron chi connectivity index (χ2n) is 7.68. The highest BCUT2D eigenvalue weighted by Crippen LogP contribution is 2.30. The van der Waals surface area contributed by atoms with Crippen LogP contribution in [0.15, 0.2) is 66.9 Å². The molecule has 0 saturated carbocycles. The van der Waals surface area contributed by atoms with Gasteiger partial charge in [-0.1, -0.05) is 12.1 Å². The van der Waals surface area contributed by atoms with Crippen molar-refractivity contribution in [2.24, 2.45) is 5.92 Å². The number of para-hydroxylation sites is 1. The molecule has 3 heterocycles. The molecule has 1 fully saturated rings. The number of hydrogen-bond acceptors (Lipinski definition) is 5. The molecule has 0 aliphatic carbocycles. The van der Waals surface area contributed by atoms with Gasteiger partial charge in [-0.3, -0.25) is 0 Å². The van der Waals surface area contributed by atoms with Crippen LogP contribution in [0.3, 0.4) is 0 Å². The number of phenols is 1. The van der Waals surface area contributed by atoms with Crippen molar-refractivity contribution in [2.45, 2.75) is 12.8 Å². The van der Waals surface area contributed by atoms with E-state index < -0.39 is 0 Å². The summed E-state index contributed by atoms with van der Waals surface area (Å²) in [5, 5.41) is 18.8. The van der Waals surface area contributed by atoms with Crippen LogP contribution in [-0.4, -0.2) is 39.2 Å². The monoisotopic (exact) mass is 398 g/mol. The number of rotatable bonds is 4. The Kier molecular flexibility index (Phi) is 4.67. The standard InChI is InChI=1S/C24H22N4O2/c29-16-17-9-12-27(13-10-17)18-5-7-19(8-6-18)28-14-11-21-23(28)15-22(26-25-21)20-3-1-2-4-24(20)30/h1-8,11,14-17,30H,9-10,12-13H2. The van der Waals surface area contributed by atoms with Crippen LogP contribution in [0.5, 0.6) is 5.75 Å². The van der Waals surface area contributed by atoms with E-state index in [4.69, 9.17) is 0 Å². The molecular formula is C24H22N4O2. The summed E-state index contributed by atoms with van der Waals surface area (Å²) in [6.07, 6.45) is 4.91. The Morgan fingerprint density at radius 2 is 1.67 bits per heavy atom. The quantitative estimate of drug-likeness (QED) is 0.522. The smallest absolute Gasteiger partial charge is 0.125 e. The summed E-state index contributed by atoms with van der Waals surface area (Å²) in [4.78, 5) is 13.3. The van der Waals surface area contributed by atoms with Gasteiger partial charge in [0.25, 0.3) is 0 Å².